The van der Waals surface area contributed by atoms with Gasteiger partial charge in [0.15, 0.2) is 0 Å². The SMILES string of the molecule is COC(=O)c1ccc(OCCCCCCCCCC[P+](c2ccccc2)(c2ccccc2)c2ccccc2)cc1O. The number of carbonyl (C=O) groups excluding carboxylic acids is 1. The Balaban J connectivity index is 1.21. The molecule has 0 radical (unpaired) electrons. The number of rotatable bonds is 16. The van der Waals surface area contributed by atoms with Crippen molar-refractivity contribution in [2.24, 2.45) is 0 Å². The fourth-order valence-corrected chi connectivity index (χ4v) is 9.88. The number of aromatic hydroxyl groups is 1. The highest BCUT2D eigenvalue weighted by Gasteiger charge is 2.44. The average Bonchev–Trinajstić information content (AvgIpc) is 3.03. The summed E-state index contributed by atoms with van der Waals surface area (Å²) in [6.07, 6.45) is 10.7. The van der Waals surface area contributed by atoms with E-state index in [-0.39, 0.29) is 11.3 Å². The molecule has 0 atom stereocenters. The summed E-state index contributed by atoms with van der Waals surface area (Å²) >= 11 is 0. The van der Waals surface area contributed by atoms with Crippen molar-refractivity contribution in [2.45, 2.75) is 51.4 Å². The van der Waals surface area contributed by atoms with Gasteiger partial charge in [0, 0.05) is 6.07 Å². The van der Waals surface area contributed by atoms with E-state index in [9.17, 15) is 9.90 Å². The zero-order valence-corrected chi connectivity index (χ0v) is 25.0. The standard InChI is InChI=1S/C36H41O4P/c1-39-36(38)34-26-25-30(29-35(34)37)40-27-17-6-4-2-3-5-7-18-28-41(31-19-11-8-12-20-31,32-21-13-9-14-22-32)33-23-15-10-16-24-33/h8-16,19-26,29H,2-7,17-18,27-28H2,1H3/p+1. The van der Waals surface area contributed by atoms with E-state index >= 15 is 0 Å². The molecule has 1 N–H and O–H groups in total. The van der Waals surface area contributed by atoms with Crippen LogP contribution >= 0.6 is 7.26 Å². The summed E-state index contributed by atoms with van der Waals surface area (Å²) in [6.45, 7) is 0.598. The molecule has 0 heterocycles. The van der Waals surface area contributed by atoms with Crippen molar-refractivity contribution in [3.63, 3.8) is 0 Å². The van der Waals surface area contributed by atoms with Gasteiger partial charge in [-0.05, 0) is 67.8 Å². The van der Waals surface area contributed by atoms with Gasteiger partial charge in [-0.1, -0.05) is 86.7 Å². The highest BCUT2D eigenvalue weighted by molar-refractivity contribution is 7.95. The Hall–Kier alpha value is -3.62. The van der Waals surface area contributed by atoms with E-state index in [4.69, 9.17) is 4.74 Å². The molecule has 0 aliphatic rings. The van der Waals surface area contributed by atoms with Gasteiger partial charge in [-0.15, -0.1) is 0 Å². The molecule has 0 fully saturated rings. The minimum absolute atomic E-state index is 0.120. The highest BCUT2D eigenvalue weighted by atomic mass is 31.2. The molecule has 214 valence electrons. The van der Waals surface area contributed by atoms with Crippen LogP contribution < -0.4 is 20.7 Å². The summed E-state index contributed by atoms with van der Waals surface area (Å²) in [5.41, 5.74) is 0.146. The molecule has 0 spiro atoms. The molecule has 0 amide bonds. The number of esters is 1. The summed E-state index contributed by atoms with van der Waals surface area (Å²) in [5, 5.41) is 14.4. The van der Waals surface area contributed by atoms with Gasteiger partial charge in [0.05, 0.1) is 19.9 Å². The number of benzene rings is 4. The number of methoxy groups -OCH3 is 1. The zero-order valence-electron chi connectivity index (χ0n) is 24.1. The molecule has 0 aliphatic heterocycles. The molecule has 4 rings (SSSR count). The van der Waals surface area contributed by atoms with Crippen LogP contribution in [0.1, 0.15) is 61.7 Å². The summed E-state index contributed by atoms with van der Waals surface area (Å²) in [6, 6.07) is 38.2. The summed E-state index contributed by atoms with van der Waals surface area (Å²) in [7, 11) is -0.424. The molecular formula is C36H42O4P+. The Labute approximate surface area is 245 Å². The fraction of sp³-hybridized carbons (Fsp3) is 0.306. The third kappa shape index (κ3) is 8.21. The van der Waals surface area contributed by atoms with Crippen molar-refractivity contribution in [1.29, 1.82) is 0 Å². The second-order valence-electron chi connectivity index (χ2n) is 10.4. The molecule has 41 heavy (non-hydrogen) atoms. The predicted octanol–water partition coefficient (Wildman–Crippen LogP) is 7.67. The minimum Gasteiger partial charge on any atom is -0.507 e. The lowest BCUT2D eigenvalue weighted by molar-refractivity contribution is 0.0597. The molecule has 5 heteroatoms. The lowest BCUT2D eigenvalue weighted by Crippen LogP contribution is -2.33. The van der Waals surface area contributed by atoms with Crippen molar-refractivity contribution < 1.29 is 19.4 Å². The number of ether oxygens (including phenoxy) is 2. The monoisotopic (exact) mass is 569 g/mol. The van der Waals surface area contributed by atoms with Crippen LogP contribution in [0.4, 0.5) is 0 Å². The van der Waals surface area contributed by atoms with Gasteiger partial charge < -0.3 is 14.6 Å². The van der Waals surface area contributed by atoms with Crippen molar-refractivity contribution >= 4 is 29.1 Å². The maximum absolute atomic E-state index is 11.6. The third-order valence-corrected chi connectivity index (χ3v) is 12.1. The maximum Gasteiger partial charge on any atom is 0.341 e. The second-order valence-corrected chi connectivity index (χ2v) is 14.0. The zero-order chi connectivity index (χ0) is 28.8. The van der Waals surface area contributed by atoms with Crippen LogP contribution in [0.25, 0.3) is 0 Å². The molecule has 0 saturated heterocycles. The minimum atomic E-state index is -1.72. The number of phenols is 1. The first kappa shape index (κ1) is 30.3. The van der Waals surface area contributed by atoms with Gasteiger partial charge in [0.2, 0.25) is 0 Å². The first-order chi connectivity index (χ1) is 20.1. The van der Waals surface area contributed by atoms with Gasteiger partial charge in [0.25, 0.3) is 0 Å². The van der Waals surface area contributed by atoms with E-state index in [1.165, 1.54) is 79.8 Å². The van der Waals surface area contributed by atoms with Crippen LogP contribution in [0.3, 0.4) is 0 Å². The van der Waals surface area contributed by atoms with Crippen molar-refractivity contribution in [1.82, 2.24) is 0 Å². The topological polar surface area (TPSA) is 55.8 Å². The normalized spacial score (nSPS) is 11.2. The van der Waals surface area contributed by atoms with E-state index in [0.29, 0.717) is 12.4 Å². The number of carbonyl (C=O) groups is 1. The molecule has 0 aliphatic carbocycles. The van der Waals surface area contributed by atoms with Gasteiger partial charge in [-0.2, -0.15) is 0 Å². The maximum atomic E-state index is 11.6. The quantitative estimate of drug-likeness (QED) is 0.0855. The highest BCUT2D eigenvalue weighted by Crippen LogP contribution is 2.56. The smallest absolute Gasteiger partial charge is 0.341 e. The van der Waals surface area contributed by atoms with Crippen LogP contribution in [-0.4, -0.2) is 31.0 Å². The van der Waals surface area contributed by atoms with Crippen LogP contribution in [0.5, 0.6) is 11.5 Å². The second kappa shape index (κ2) is 16.0. The van der Waals surface area contributed by atoms with E-state index < -0.39 is 13.2 Å². The van der Waals surface area contributed by atoms with E-state index in [1.54, 1.807) is 6.07 Å². The molecule has 0 unspecified atom stereocenters. The lowest BCUT2D eigenvalue weighted by Gasteiger charge is -2.27. The first-order valence-electron chi connectivity index (χ1n) is 14.7. The van der Waals surface area contributed by atoms with Crippen molar-refractivity contribution in [3.05, 3.63) is 115 Å². The van der Waals surface area contributed by atoms with Gasteiger partial charge in [-0.25, -0.2) is 4.79 Å². The van der Waals surface area contributed by atoms with Gasteiger partial charge in [-0.3, -0.25) is 0 Å². The molecular weight excluding hydrogens is 527 g/mol. The Bertz CT molecular complexity index is 1230. The largest absolute Gasteiger partial charge is 0.507 e. The summed E-state index contributed by atoms with van der Waals surface area (Å²) in [5.74, 6) is -0.112. The molecule has 0 aromatic heterocycles. The van der Waals surface area contributed by atoms with Crippen LogP contribution in [0.2, 0.25) is 0 Å². The summed E-state index contributed by atoms with van der Waals surface area (Å²) < 4.78 is 10.4. The Morgan fingerprint density at radius 2 is 1.10 bits per heavy atom. The predicted molar refractivity (Wildman–Crippen MR) is 172 cm³/mol. The van der Waals surface area contributed by atoms with Crippen molar-refractivity contribution in [3.8, 4) is 11.5 Å². The van der Waals surface area contributed by atoms with Crippen LogP contribution in [0.15, 0.2) is 109 Å². The Morgan fingerprint density at radius 1 is 0.634 bits per heavy atom. The van der Waals surface area contributed by atoms with Crippen LogP contribution in [-0.2, 0) is 4.74 Å². The average molecular weight is 570 g/mol. The van der Waals surface area contributed by atoms with Crippen LogP contribution in [0, 0.1) is 0 Å². The number of phenolic OH excluding ortho intramolecular Hbond substituents is 1. The van der Waals surface area contributed by atoms with Crippen molar-refractivity contribution in [2.75, 3.05) is 19.9 Å². The fourth-order valence-electron chi connectivity index (χ4n) is 5.47. The number of unbranched alkanes of at least 4 members (excludes halogenated alkanes) is 7. The number of hydrogen-bond acceptors (Lipinski definition) is 4. The van der Waals surface area contributed by atoms with E-state index in [0.717, 1.165) is 12.8 Å². The summed E-state index contributed by atoms with van der Waals surface area (Å²) in [4.78, 5) is 11.6. The molecule has 4 aromatic rings. The van der Waals surface area contributed by atoms with Gasteiger partial charge in [0.1, 0.15) is 40.2 Å². The van der Waals surface area contributed by atoms with Gasteiger partial charge >= 0.3 is 5.97 Å². The molecule has 0 bridgehead atoms. The molecule has 0 saturated carbocycles. The van der Waals surface area contributed by atoms with E-state index in [1.807, 2.05) is 0 Å². The molecule has 4 aromatic carbocycles. The third-order valence-electron chi connectivity index (χ3n) is 7.62. The van der Waals surface area contributed by atoms with E-state index in [2.05, 4.69) is 95.7 Å². The first-order valence-corrected chi connectivity index (χ1v) is 16.7. The number of hydrogen-bond donors (Lipinski definition) is 1. The Morgan fingerprint density at radius 3 is 1.56 bits per heavy atom. The lowest BCUT2D eigenvalue weighted by atomic mass is 10.1. The Kier molecular flexibility index (Phi) is 11.8. The molecule has 4 nitrogen and oxygen atoms in total.